The van der Waals surface area contributed by atoms with E-state index < -0.39 is 45.6 Å². The molecule has 1 saturated heterocycles. The highest BCUT2D eigenvalue weighted by Crippen LogP contribution is 2.32. The Morgan fingerprint density at radius 2 is 1.48 bits per heavy atom. The summed E-state index contributed by atoms with van der Waals surface area (Å²) >= 11 is 0. The molecule has 0 saturated carbocycles. The number of ether oxygens (including phenoxy) is 1. The molecule has 0 radical (unpaired) electrons. The number of carbonyl (C=O) groups excluding carboxylic acids is 3. The highest BCUT2D eigenvalue weighted by Gasteiger charge is 2.59. The minimum atomic E-state index is -2.10. The van der Waals surface area contributed by atoms with E-state index in [9.17, 15) is 28.8 Å². The number of β-lactam (4-membered cyclic amide) rings is 1. The van der Waals surface area contributed by atoms with E-state index in [0.717, 1.165) is 16.0 Å². The highest BCUT2D eigenvalue weighted by molar-refractivity contribution is 8.14. The second-order valence-electron chi connectivity index (χ2n) is 8.68. The molecule has 0 aliphatic carbocycles. The molecular weight excluding hydrogens is 556 g/mol. The number of carboxylic acids is 1. The quantitative estimate of drug-likeness (QED) is 0.161. The lowest BCUT2D eigenvalue weighted by Gasteiger charge is -2.46. The molecule has 2 amide bonds. The van der Waals surface area contributed by atoms with Gasteiger partial charge in [-0.2, -0.15) is 0 Å². The molecule has 1 aliphatic heterocycles. The van der Waals surface area contributed by atoms with Gasteiger partial charge in [0.25, 0.3) is 11.8 Å². The first kappa shape index (κ1) is 30.4. The van der Waals surface area contributed by atoms with Crippen molar-refractivity contribution in [2.45, 2.75) is 24.4 Å². The molecule has 4 unspecified atom stereocenters. The minimum Gasteiger partial charge on any atom is -0.597 e. The summed E-state index contributed by atoms with van der Waals surface area (Å²) in [5.41, 5.74) is 1.65. The third-order valence-electron chi connectivity index (χ3n) is 5.75. The summed E-state index contributed by atoms with van der Waals surface area (Å²) in [6.45, 7) is 4.60. The van der Waals surface area contributed by atoms with Crippen LogP contribution >= 0.6 is 10.7 Å². The maximum atomic E-state index is 12.3. The number of likely N-dealkylation sites (tertiary alicyclic amines) is 1. The molecule has 208 valence electrons. The summed E-state index contributed by atoms with van der Waals surface area (Å²) in [5.74, 6) is -2.11. The number of rotatable bonds is 10. The third kappa shape index (κ3) is 7.72. The molecule has 40 heavy (non-hydrogen) atoms. The van der Waals surface area contributed by atoms with Crippen molar-refractivity contribution in [2.75, 3.05) is 6.61 Å². The predicted octanol–water partition coefficient (Wildman–Crippen LogP) is 3.57. The van der Waals surface area contributed by atoms with Gasteiger partial charge in [0, 0.05) is 11.1 Å². The summed E-state index contributed by atoms with van der Waals surface area (Å²) in [7, 11) is 3.52. The molecule has 1 fully saturated rings. The van der Waals surface area contributed by atoms with E-state index in [0.29, 0.717) is 5.75 Å². The molecule has 11 heteroatoms. The Bertz CT molecular complexity index is 1280. The van der Waals surface area contributed by atoms with Gasteiger partial charge in [0.1, 0.15) is 5.75 Å². The van der Waals surface area contributed by atoms with E-state index in [4.69, 9.17) is 15.4 Å². The molecule has 0 bridgehead atoms. The lowest BCUT2D eigenvalue weighted by molar-refractivity contribution is -0.160. The molecule has 3 aromatic rings. The molecule has 0 spiro atoms. The SMILES string of the molecule is C=C(C)C(C(=O)O)N1C(=O)C(NC(=O)COc2ccccc2)C1[S+]([O-])Cl.O=C(c1ccccc1)c1ccccc1. The number of hydrogen-bond acceptors (Lipinski definition) is 6. The smallest absolute Gasteiger partial charge is 0.330 e. The summed E-state index contributed by atoms with van der Waals surface area (Å²) in [4.78, 5) is 48.4. The normalized spacial score (nSPS) is 17.3. The molecule has 1 aliphatic rings. The Labute approximate surface area is 239 Å². The Morgan fingerprint density at radius 3 is 1.90 bits per heavy atom. The van der Waals surface area contributed by atoms with Gasteiger partial charge in [-0.25, -0.2) is 4.79 Å². The van der Waals surface area contributed by atoms with Crippen LogP contribution in [-0.4, -0.2) is 62.2 Å². The van der Waals surface area contributed by atoms with E-state index >= 15 is 0 Å². The second kappa shape index (κ2) is 14.3. The molecule has 0 aromatic heterocycles. The first-order valence-electron chi connectivity index (χ1n) is 12.0. The fourth-order valence-corrected chi connectivity index (χ4v) is 5.25. The van der Waals surface area contributed by atoms with Crippen molar-refractivity contribution in [3.05, 3.63) is 114 Å². The van der Waals surface area contributed by atoms with Crippen molar-refractivity contribution in [1.29, 1.82) is 0 Å². The van der Waals surface area contributed by atoms with Crippen LogP contribution < -0.4 is 10.1 Å². The maximum Gasteiger partial charge on any atom is 0.330 e. The number of carbonyl (C=O) groups is 4. The monoisotopic (exact) mass is 582 g/mol. The maximum absolute atomic E-state index is 12.3. The minimum absolute atomic E-state index is 0.0752. The summed E-state index contributed by atoms with van der Waals surface area (Å²) in [5, 5.41) is 10.5. The number of halogens is 1. The summed E-state index contributed by atoms with van der Waals surface area (Å²) in [6.07, 6.45) is 0. The van der Waals surface area contributed by atoms with Crippen molar-refractivity contribution in [1.82, 2.24) is 10.2 Å². The van der Waals surface area contributed by atoms with Crippen molar-refractivity contribution in [3.63, 3.8) is 0 Å². The number of nitrogens with one attached hydrogen (secondary N) is 1. The van der Waals surface area contributed by atoms with Crippen LogP contribution in [0.5, 0.6) is 5.75 Å². The van der Waals surface area contributed by atoms with Gasteiger partial charge in [0.05, 0.1) is 10.4 Å². The number of amides is 2. The number of carboxylic acid groups (broad SMARTS) is 1. The largest absolute Gasteiger partial charge is 0.597 e. The van der Waals surface area contributed by atoms with Crippen molar-refractivity contribution in [2.24, 2.45) is 0 Å². The zero-order valence-electron chi connectivity index (χ0n) is 21.4. The zero-order valence-corrected chi connectivity index (χ0v) is 23.0. The number of hydrogen-bond donors (Lipinski definition) is 2. The van der Waals surface area contributed by atoms with Gasteiger partial charge in [-0.15, -0.1) is 0 Å². The lowest BCUT2D eigenvalue weighted by Crippen LogP contribution is -2.75. The summed E-state index contributed by atoms with van der Waals surface area (Å²) < 4.78 is 17.0. The van der Waals surface area contributed by atoms with Gasteiger partial charge in [0.2, 0.25) is 5.37 Å². The average Bonchev–Trinajstić information content (AvgIpc) is 2.96. The van der Waals surface area contributed by atoms with Crippen LogP contribution in [0.3, 0.4) is 0 Å². The van der Waals surface area contributed by atoms with E-state index in [1.54, 1.807) is 30.3 Å². The van der Waals surface area contributed by atoms with E-state index in [1.807, 2.05) is 60.7 Å². The summed E-state index contributed by atoms with van der Waals surface area (Å²) in [6, 6.07) is 24.6. The number of ketones is 1. The van der Waals surface area contributed by atoms with Crippen molar-refractivity contribution >= 4 is 44.6 Å². The predicted molar refractivity (Wildman–Crippen MR) is 151 cm³/mol. The van der Waals surface area contributed by atoms with Crippen LogP contribution in [-0.2, 0) is 24.8 Å². The Kier molecular flexibility index (Phi) is 10.9. The van der Waals surface area contributed by atoms with Gasteiger partial charge in [-0.05, 0) is 24.6 Å². The van der Waals surface area contributed by atoms with Crippen molar-refractivity contribution < 1.29 is 33.6 Å². The van der Waals surface area contributed by atoms with Crippen LogP contribution in [0.4, 0.5) is 0 Å². The number of para-hydroxylation sites is 1. The third-order valence-corrected chi connectivity index (χ3v) is 7.18. The molecular formula is C29H27ClN2O7S. The average molecular weight is 583 g/mol. The highest BCUT2D eigenvalue weighted by atomic mass is 35.7. The van der Waals surface area contributed by atoms with Crippen LogP contribution in [0.2, 0.25) is 0 Å². The van der Waals surface area contributed by atoms with Gasteiger partial charge in [0.15, 0.2) is 35.2 Å². The Morgan fingerprint density at radius 1 is 1.00 bits per heavy atom. The van der Waals surface area contributed by atoms with E-state index in [2.05, 4.69) is 11.9 Å². The topological polar surface area (TPSA) is 136 Å². The van der Waals surface area contributed by atoms with Crippen LogP contribution in [0.1, 0.15) is 22.8 Å². The fraction of sp³-hybridized carbons (Fsp3) is 0.172. The Balaban J connectivity index is 0.000000263. The first-order chi connectivity index (χ1) is 19.1. The first-order valence-corrected chi connectivity index (χ1v) is 14.0. The molecule has 3 aromatic carbocycles. The van der Waals surface area contributed by atoms with E-state index in [1.165, 1.54) is 6.92 Å². The zero-order chi connectivity index (χ0) is 29.2. The van der Waals surface area contributed by atoms with E-state index in [-0.39, 0.29) is 18.0 Å². The Hall–Kier alpha value is -4.12. The van der Waals surface area contributed by atoms with Crippen molar-refractivity contribution in [3.8, 4) is 5.75 Å². The van der Waals surface area contributed by atoms with Gasteiger partial charge >= 0.3 is 5.97 Å². The van der Waals surface area contributed by atoms with Gasteiger partial charge < -0.3 is 19.7 Å². The number of aliphatic carboxylic acids is 1. The molecule has 4 atom stereocenters. The molecule has 4 rings (SSSR count). The van der Waals surface area contributed by atoms with Crippen LogP contribution in [0.15, 0.2) is 103 Å². The number of nitrogens with zero attached hydrogens (tertiary/aromatic N) is 1. The lowest BCUT2D eigenvalue weighted by atomic mass is 9.99. The molecule has 1 heterocycles. The molecule has 2 N–H and O–H groups in total. The molecule has 9 nitrogen and oxygen atoms in total. The number of benzene rings is 3. The second-order valence-corrected chi connectivity index (χ2v) is 10.6. The van der Waals surface area contributed by atoms with Crippen LogP contribution in [0.25, 0.3) is 0 Å². The van der Waals surface area contributed by atoms with Gasteiger partial charge in [-0.3, -0.25) is 19.3 Å². The standard InChI is InChI=1S/C16H17ClN2O6S.C13H10O/c1-9(2)13(16(22)23)19-14(21)12(15(19)26(17)24)18-11(20)8-25-10-6-4-3-5-7-10;14-13(11-7-3-1-4-8-11)12-9-5-2-6-10-12/h3-7,12-13,15H,1,8H2,2H3,(H,18,20)(H,22,23);1-10H. The van der Waals surface area contributed by atoms with Gasteiger partial charge in [-0.1, -0.05) is 85.4 Å². The fourth-order valence-electron chi connectivity index (χ4n) is 3.88. The van der Waals surface area contributed by atoms with Crippen LogP contribution in [0, 0.1) is 0 Å².